The number of aryl methyl sites for hydroxylation is 1. The van der Waals surface area contributed by atoms with Crippen LogP contribution < -0.4 is 5.32 Å². The summed E-state index contributed by atoms with van der Waals surface area (Å²) in [5.74, 6) is 0.727. The number of nitrogens with one attached hydrogen (secondary N) is 1. The molecule has 0 saturated carbocycles. The van der Waals surface area contributed by atoms with Gasteiger partial charge in [0.1, 0.15) is 5.71 Å². The number of hydrogen-bond donors (Lipinski definition) is 1. The van der Waals surface area contributed by atoms with Gasteiger partial charge in [-0.15, -0.1) is 0 Å². The molecule has 0 unspecified atom stereocenters. The van der Waals surface area contributed by atoms with Crippen LogP contribution >= 0.6 is 0 Å². The molecule has 1 aliphatic rings. The third kappa shape index (κ3) is 2.47. The molecule has 2 heterocycles. The maximum atomic E-state index is 4.57. The lowest BCUT2D eigenvalue weighted by molar-refractivity contribution is 0.659. The fraction of sp³-hybridized carbons (Fsp3) is 0.385. The van der Waals surface area contributed by atoms with E-state index in [4.69, 9.17) is 0 Å². The van der Waals surface area contributed by atoms with Gasteiger partial charge in [-0.05, 0) is 13.0 Å². The molecule has 1 aromatic heterocycles. The van der Waals surface area contributed by atoms with E-state index in [9.17, 15) is 0 Å². The van der Waals surface area contributed by atoms with Gasteiger partial charge in [-0.2, -0.15) is 5.10 Å². The highest BCUT2D eigenvalue weighted by Gasteiger charge is 2.20. The van der Waals surface area contributed by atoms with E-state index in [1.54, 1.807) is 14.1 Å². The number of rotatable bonds is 2. The van der Waals surface area contributed by atoms with Gasteiger partial charge in [-0.3, -0.25) is 14.7 Å². The SMILES string of the molecule is CCn1cc(C2=CC(=N/C)/C(=N\C)C(NC)=N2)cn1. The Morgan fingerprint density at radius 3 is 2.63 bits per heavy atom. The van der Waals surface area contributed by atoms with Gasteiger partial charge in [-0.1, -0.05) is 0 Å². The third-order valence-electron chi connectivity index (χ3n) is 2.93. The van der Waals surface area contributed by atoms with Crippen molar-refractivity contribution in [3.05, 3.63) is 24.0 Å². The highest BCUT2D eigenvalue weighted by molar-refractivity contribution is 6.72. The summed E-state index contributed by atoms with van der Waals surface area (Å²) in [6.07, 6.45) is 5.72. The van der Waals surface area contributed by atoms with Crippen LogP contribution in [0.2, 0.25) is 0 Å². The summed E-state index contributed by atoms with van der Waals surface area (Å²) in [5, 5.41) is 7.33. The zero-order chi connectivity index (χ0) is 13.8. The van der Waals surface area contributed by atoms with E-state index in [0.29, 0.717) is 0 Å². The lowest BCUT2D eigenvalue weighted by Crippen LogP contribution is -2.35. The molecular formula is C13H18N6. The van der Waals surface area contributed by atoms with Gasteiger partial charge in [-0.25, -0.2) is 4.99 Å². The van der Waals surface area contributed by atoms with Crippen LogP contribution in [0.1, 0.15) is 12.5 Å². The largest absolute Gasteiger partial charge is 0.371 e. The fourth-order valence-electron chi connectivity index (χ4n) is 1.91. The minimum Gasteiger partial charge on any atom is -0.371 e. The fourth-order valence-corrected chi connectivity index (χ4v) is 1.91. The summed E-state index contributed by atoms with van der Waals surface area (Å²) in [6.45, 7) is 2.89. The van der Waals surface area contributed by atoms with Crippen molar-refractivity contribution in [1.29, 1.82) is 0 Å². The second-order valence-electron chi connectivity index (χ2n) is 4.01. The van der Waals surface area contributed by atoms with Crippen LogP contribution in [-0.2, 0) is 6.54 Å². The first-order valence-electron chi connectivity index (χ1n) is 6.18. The molecule has 2 rings (SSSR count). The minimum atomic E-state index is 0.727. The smallest absolute Gasteiger partial charge is 0.154 e. The molecule has 0 radical (unpaired) electrons. The van der Waals surface area contributed by atoms with E-state index in [1.807, 2.05) is 30.2 Å². The first-order valence-corrected chi connectivity index (χ1v) is 6.18. The van der Waals surface area contributed by atoms with Crippen LogP contribution in [0.25, 0.3) is 5.70 Å². The minimum absolute atomic E-state index is 0.727. The van der Waals surface area contributed by atoms with E-state index in [1.165, 1.54) is 0 Å². The Kier molecular flexibility index (Phi) is 3.89. The number of allylic oxidation sites excluding steroid dienone is 1. The van der Waals surface area contributed by atoms with Crippen LogP contribution in [0.15, 0.2) is 33.4 Å². The summed E-state index contributed by atoms with van der Waals surface area (Å²) in [6, 6.07) is 0. The summed E-state index contributed by atoms with van der Waals surface area (Å²) in [7, 11) is 5.32. The van der Waals surface area contributed by atoms with Gasteiger partial charge >= 0.3 is 0 Å². The Morgan fingerprint density at radius 1 is 1.32 bits per heavy atom. The Labute approximate surface area is 112 Å². The molecule has 0 aromatic carbocycles. The summed E-state index contributed by atoms with van der Waals surface area (Å²) in [5.41, 5.74) is 3.42. The third-order valence-corrected chi connectivity index (χ3v) is 2.93. The number of nitrogens with zero attached hydrogens (tertiary/aromatic N) is 5. The Bertz CT molecular complexity index is 588. The number of hydrogen-bond acceptors (Lipinski definition) is 5. The average Bonchev–Trinajstić information content (AvgIpc) is 2.94. The van der Waals surface area contributed by atoms with Gasteiger partial charge in [0.2, 0.25) is 0 Å². The second-order valence-corrected chi connectivity index (χ2v) is 4.01. The van der Waals surface area contributed by atoms with Crippen molar-refractivity contribution < 1.29 is 0 Å². The van der Waals surface area contributed by atoms with Crippen molar-refractivity contribution in [2.75, 3.05) is 21.1 Å². The molecule has 1 N–H and O–H groups in total. The van der Waals surface area contributed by atoms with Crippen molar-refractivity contribution in [2.24, 2.45) is 15.0 Å². The molecule has 1 aliphatic heterocycles. The molecule has 0 aliphatic carbocycles. The lowest BCUT2D eigenvalue weighted by Gasteiger charge is -2.15. The summed E-state index contributed by atoms with van der Waals surface area (Å²) >= 11 is 0. The predicted octanol–water partition coefficient (Wildman–Crippen LogP) is 1.02. The van der Waals surface area contributed by atoms with E-state index in [-0.39, 0.29) is 0 Å². The zero-order valence-corrected chi connectivity index (χ0v) is 11.7. The van der Waals surface area contributed by atoms with E-state index < -0.39 is 0 Å². The molecule has 0 spiro atoms. The number of aromatic nitrogens is 2. The van der Waals surface area contributed by atoms with E-state index in [2.05, 4.69) is 32.3 Å². The van der Waals surface area contributed by atoms with Crippen LogP contribution in [0.5, 0.6) is 0 Å². The van der Waals surface area contributed by atoms with Crippen molar-refractivity contribution in [2.45, 2.75) is 13.5 Å². The molecule has 0 fully saturated rings. The monoisotopic (exact) mass is 258 g/mol. The first-order chi connectivity index (χ1) is 9.23. The van der Waals surface area contributed by atoms with Crippen LogP contribution in [0.4, 0.5) is 0 Å². The van der Waals surface area contributed by atoms with Crippen LogP contribution in [-0.4, -0.2) is 48.2 Å². The molecule has 0 bridgehead atoms. The molecule has 19 heavy (non-hydrogen) atoms. The van der Waals surface area contributed by atoms with E-state index >= 15 is 0 Å². The van der Waals surface area contributed by atoms with E-state index in [0.717, 1.165) is 35.1 Å². The average molecular weight is 258 g/mol. The maximum absolute atomic E-state index is 4.57. The summed E-state index contributed by atoms with van der Waals surface area (Å²) in [4.78, 5) is 13.1. The van der Waals surface area contributed by atoms with Gasteiger partial charge in [0.25, 0.3) is 0 Å². The molecule has 0 atom stereocenters. The normalized spacial score (nSPS) is 19.6. The van der Waals surface area contributed by atoms with Crippen molar-refractivity contribution in [3.63, 3.8) is 0 Å². The topological polar surface area (TPSA) is 66.9 Å². The van der Waals surface area contributed by atoms with Crippen molar-refractivity contribution in [1.82, 2.24) is 15.1 Å². The molecule has 6 nitrogen and oxygen atoms in total. The molecule has 0 amide bonds. The first kappa shape index (κ1) is 13.2. The Balaban J connectivity index is 2.46. The Morgan fingerprint density at radius 2 is 2.11 bits per heavy atom. The highest BCUT2D eigenvalue weighted by Crippen LogP contribution is 2.19. The molecular weight excluding hydrogens is 240 g/mol. The van der Waals surface area contributed by atoms with Crippen LogP contribution in [0.3, 0.4) is 0 Å². The zero-order valence-electron chi connectivity index (χ0n) is 11.7. The lowest BCUT2D eigenvalue weighted by atomic mass is 10.1. The number of amidine groups is 1. The maximum Gasteiger partial charge on any atom is 0.154 e. The predicted molar refractivity (Wildman–Crippen MR) is 79.1 cm³/mol. The molecule has 6 heteroatoms. The van der Waals surface area contributed by atoms with Crippen molar-refractivity contribution >= 4 is 23.0 Å². The number of aliphatic imine (C=N–C) groups is 3. The van der Waals surface area contributed by atoms with Gasteiger partial charge < -0.3 is 5.32 Å². The van der Waals surface area contributed by atoms with Crippen LogP contribution in [0, 0.1) is 0 Å². The molecule has 100 valence electrons. The molecule has 1 aromatic rings. The second kappa shape index (κ2) is 5.60. The van der Waals surface area contributed by atoms with Gasteiger partial charge in [0.05, 0.1) is 17.6 Å². The molecule has 0 saturated heterocycles. The van der Waals surface area contributed by atoms with Gasteiger partial charge in [0.15, 0.2) is 5.84 Å². The highest BCUT2D eigenvalue weighted by atomic mass is 15.3. The van der Waals surface area contributed by atoms with Gasteiger partial charge in [0, 0.05) is 39.4 Å². The summed E-state index contributed by atoms with van der Waals surface area (Å²) < 4.78 is 1.87. The van der Waals surface area contributed by atoms with Crippen molar-refractivity contribution in [3.8, 4) is 0 Å². The quantitative estimate of drug-likeness (QED) is 0.860. The Hall–Kier alpha value is -2.24. The standard InChI is InChI=1S/C13H18N6/c1-5-19-8-9(7-17-19)10-6-11(14-2)12(15-3)13(16-4)18-10/h6-8H,5H2,1-4H3,(H,16,18)/b14-11-,15-12+.